The highest BCUT2D eigenvalue weighted by atomic mass is 16.5. The van der Waals surface area contributed by atoms with Crippen molar-refractivity contribution in [1.29, 1.82) is 5.26 Å². The van der Waals surface area contributed by atoms with Crippen molar-refractivity contribution in [3.05, 3.63) is 59.2 Å². The highest BCUT2D eigenvalue weighted by molar-refractivity contribution is 5.47. The molecule has 0 radical (unpaired) electrons. The number of aryl methyl sites for hydroxylation is 2. The van der Waals surface area contributed by atoms with E-state index in [0.29, 0.717) is 11.3 Å². The van der Waals surface area contributed by atoms with Crippen LogP contribution in [0.5, 0.6) is 11.5 Å². The second kappa shape index (κ2) is 4.71. The van der Waals surface area contributed by atoms with Crippen molar-refractivity contribution in [3.8, 4) is 17.6 Å². The third-order valence-corrected chi connectivity index (χ3v) is 2.47. The minimum Gasteiger partial charge on any atom is -0.456 e. The van der Waals surface area contributed by atoms with E-state index in [4.69, 9.17) is 10.00 Å². The quantitative estimate of drug-likeness (QED) is 0.771. The topological polar surface area (TPSA) is 33.0 Å². The summed E-state index contributed by atoms with van der Waals surface area (Å²) in [7, 11) is 0. The van der Waals surface area contributed by atoms with Gasteiger partial charge in [0.25, 0.3) is 0 Å². The molecule has 0 amide bonds. The highest BCUT2D eigenvalue weighted by Crippen LogP contribution is 2.26. The van der Waals surface area contributed by atoms with Crippen LogP contribution >= 0.6 is 0 Å². The molecule has 17 heavy (non-hydrogen) atoms. The molecule has 0 bridgehead atoms. The summed E-state index contributed by atoms with van der Waals surface area (Å²) in [5.41, 5.74) is 2.76. The van der Waals surface area contributed by atoms with Crippen molar-refractivity contribution >= 4 is 0 Å². The summed E-state index contributed by atoms with van der Waals surface area (Å²) in [6, 6.07) is 15.5. The van der Waals surface area contributed by atoms with Crippen LogP contribution in [0, 0.1) is 25.2 Å². The Balaban J connectivity index is 2.36. The van der Waals surface area contributed by atoms with Crippen LogP contribution < -0.4 is 4.74 Å². The third kappa shape index (κ3) is 2.64. The molecule has 0 saturated carbocycles. The van der Waals surface area contributed by atoms with Gasteiger partial charge in [-0.2, -0.15) is 5.26 Å². The first-order valence-corrected chi connectivity index (χ1v) is 5.44. The Morgan fingerprint density at radius 1 is 1.00 bits per heavy atom. The van der Waals surface area contributed by atoms with E-state index in [0.717, 1.165) is 16.9 Å². The molecule has 0 spiro atoms. The molecule has 2 nitrogen and oxygen atoms in total. The largest absolute Gasteiger partial charge is 0.456 e. The molecule has 2 heteroatoms. The molecule has 2 aromatic carbocycles. The molecule has 0 aliphatic carbocycles. The number of rotatable bonds is 2. The summed E-state index contributed by atoms with van der Waals surface area (Å²) in [6.07, 6.45) is 0. The van der Waals surface area contributed by atoms with Crippen LogP contribution in [0.2, 0.25) is 0 Å². The highest BCUT2D eigenvalue weighted by Gasteiger charge is 2.04. The Kier molecular flexibility index (Phi) is 3.11. The number of nitriles is 1. The molecule has 0 aliphatic heterocycles. The molecular weight excluding hydrogens is 210 g/mol. The smallest absolute Gasteiger partial charge is 0.145 e. The molecule has 84 valence electrons. The average molecular weight is 223 g/mol. The van der Waals surface area contributed by atoms with Gasteiger partial charge >= 0.3 is 0 Å². The fraction of sp³-hybridized carbons (Fsp3) is 0.133. The second-order valence-electron chi connectivity index (χ2n) is 4.03. The van der Waals surface area contributed by atoms with Gasteiger partial charge in [-0.1, -0.05) is 18.2 Å². The molecular formula is C15H13NO. The fourth-order valence-electron chi connectivity index (χ4n) is 1.61. The molecule has 2 aromatic rings. The molecule has 2 rings (SSSR count). The first-order valence-electron chi connectivity index (χ1n) is 5.44. The first kappa shape index (κ1) is 11.2. The molecule has 0 fully saturated rings. The number of nitrogens with zero attached hydrogens (tertiary/aromatic N) is 1. The Morgan fingerprint density at radius 3 is 2.47 bits per heavy atom. The molecule has 0 aliphatic rings. The lowest BCUT2D eigenvalue weighted by molar-refractivity contribution is 0.480. The van der Waals surface area contributed by atoms with Gasteiger partial charge in [-0.3, -0.25) is 0 Å². The van der Waals surface area contributed by atoms with E-state index in [1.807, 2.05) is 50.2 Å². The van der Waals surface area contributed by atoms with E-state index < -0.39 is 0 Å². The predicted octanol–water partition coefficient (Wildman–Crippen LogP) is 3.97. The Morgan fingerprint density at radius 2 is 1.76 bits per heavy atom. The standard InChI is InChI=1S/C15H13NO/c1-11-4-3-5-14(8-11)17-15-9-12(2)6-7-13(15)10-16/h3-9H,1-2H3. The minimum absolute atomic E-state index is 0.553. The van der Waals surface area contributed by atoms with Crippen LogP contribution in [0.3, 0.4) is 0 Å². The maximum absolute atomic E-state index is 9.01. The summed E-state index contributed by atoms with van der Waals surface area (Å²) in [5, 5.41) is 9.01. The zero-order valence-corrected chi connectivity index (χ0v) is 9.90. The number of hydrogen-bond acceptors (Lipinski definition) is 2. The summed E-state index contributed by atoms with van der Waals surface area (Å²) >= 11 is 0. The van der Waals surface area contributed by atoms with Gasteiger partial charge < -0.3 is 4.74 Å². The average Bonchev–Trinajstić information content (AvgIpc) is 2.29. The lowest BCUT2D eigenvalue weighted by atomic mass is 10.1. The van der Waals surface area contributed by atoms with Crippen LogP contribution in [-0.2, 0) is 0 Å². The molecule has 0 unspecified atom stereocenters. The van der Waals surface area contributed by atoms with Crippen molar-refractivity contribution < 1.29 is 4.74 Å². The maximum atomic E-state index is 9.01. The van der Waals surface area contributed by atoms with Crippen LogP contribution in [0.1, 0.15) is 16.7 Å². The minimum atomic E-state index is 0.553. The summed E-state index contributed by atoms with van der Waals surface area (Å²) in [4.78, 5) is 0. The van der Waals surface area contributed by atoms with E-state index in [-0.39, 0.29) is 0 Å². The molecule has 0 heterocycles. The van der Waals surface area contributed by atoms with Crippen molar-refractivity contribution in [2.24, 2.45) is 0 Å². The molecule has 0 N–H and O–H groups in total. The monoisotopic (exact) mass is 223 g/mol. The van der Waals surface area contributed by atoms with Crippen LogP contribution in [-0.4, -0.2) is 0 Å². The van der Waals surface area contributed by atoms with Crippen molar-refractivity contribution in [2.75, 3.05) is 0 Å². The van der Waals surface area contributed by atoms with Gasteiger partial charge in [0.05, 0.1) is 5.56 Å². The van der Waals surface area contributed by atoms with E-state index in [1.54, 1.807) is 6.07 Å². The Hall–Kier alpha value is -2.27. The summed E-state index contributed by atoms with van der Waals surface area (Å²) in [5.74, 6) is 1.37. The van der Waals surface area contributed by atoms with Crippen LogP contribution in [0.25, 0.3) is 0 Å². The number of hydrogen-bond donors (Lipinski definition) is 0. The van der Waals surface area contributed by atoms with E-state index in [1.165, 1.54) is 0 Å². The molecule has 0 atom stereocenters. The van der Waals surface area contributed by atoms with Gasteiger partial charge in [0.2, 0.25) is 0 Å². The zero-order chi connectivity index (χ0) is 12.3. The van der Waals surface area contributed by atoms with E-state index in [9.17, 15) is 0 Å². The summed E-state index contributed by atoms with van der Waals surface area (Å²) in [6.45, 7) is 3.98. The number of benzene rings is 2. The van der Waals surface area contributed by atoms with Crippen LogP contribution in [0.4, 0.5) is 0 Å². The second-order valence-corrected chi connectivity index (χ2v) is 4.03. The van der Waals surface area contributed by atoms with Crippen LogP contribution in [0.15, 0.2) is 42.5 Å². The normalized spacial score (nSPS) is 9.71. The van der Waals surface area contributed by atoms with Crippen molar-refractivity contribution in [1.82, 2.24) is 0 Å². The zero-order valence-electron chi connectivity index (χ0n) is 9.90. The molecule has 0 saturated heterocycles. The number of ether oxygens (including phenoxy) is 1. The Bertz CT molecular complexity index is 582. The van der Waals surface area contributed by atoms with Gasteiger partial charge in [-0.15, -0.1) is 0 Å². The van der Waals surface area contributed by atoms with Crippen molar-refractivity contribution in [3.63, 3.8) is 0 Å². The summed E-state index contributed by atoms with van der Waals surface area (Å²) < 4.78 is 5.74. The van der Waals surface area contributed by atoms with Crippen molar-refractivity contribution in [2.45, 2.75) is 13.8 Å². The predicted molar refractivity (Wildman–Crippen MR) is 67.1 cm³/mol. The van der Waals surface area contributed by atoms with Gasteiger partial charge in [0.1, 0.15) is 17.6 Å². The van der Waals surface area contributed by atoms with Gasteiger partial charge in [0.15, 0.2) is 0 Å². The van der Waals surface area contributed by atoms with E-state index in [2.05, 4.69) is 6.07 Å². The fourth-order valence-corrected chi connectivity index (χ4v) is 1.61. The lowest BCUT2D eigenvalue weighted by Crippen LogP contribution is -1.89. The van der Waals surface area contributed by atoms with Gasteiger partial charge in [0, 0.05) is 0 Å². The molecule has 0 aromatic heterocycles. The van der Waals surface area contributed by atoms with Gasteiger partial charge in [-0.25, -0.2) is 0 Å². The third-order valence-electron chi connectivity index (χ3n) is 2.47. The first-order chi connectivity index (χ1) is 8.19. The maximum Gasteiger partial charge on any atom is 0.145 e. The Labute approximate surface area is 101 Å². The van der Waals surface area contributed by atoms with E-state index >= 15 is 0 Å². The lowest BCUT2D eigenvalue weighted by Gasteiger charge is -2.08. The van der Waals surface area contributed by atoms with Gasteiger partial charge in [-0.05, 0) is 49.2 Å². The SMILES string of the molecule is Cc1cccc(Oc2cc(C)ccc2C#N)c1.